The number of hydrogen-bond donors (Lipinski definition) is 0. The van der Waals surface area contributed by atoms with Gasteiger partial charge in [-0.25, -0.2) is 0 Å². The molecule has 0 aromatic heterocycles. The van der Waals surface area contributed by atoms with Crippen LogP contribution in [-0.4, -0.2) is 0 Å². The van der Waals surface area contributed by atoms with E-state index >= 15 is 0 Å². The van der Waals surface area contributed by atoms with Crippen molar-refractivity contribution in [3.8, 4) is 0 Å². The number of hydrogen-bond acceptors (Lipinski definition) is 0. The summed E-state index contributed by atoms with van der Waals surface area (Å²) in [6.07, 6.45) is 6.44. The van der Waals surface area contributed by atoms with E-state index < -0.39 is 0 Å². The Kier molecular flexibility index (Phi) is 1.56. The van der Waals surface area contributed by atoms with E-state index in [4.69, 9.17) is 0 Å². The van der Waals surface area contributed by atoms with Crippen LogP contribution in [0.15, 0.2) is 34.9 Å². The molecule has 0 radical (unpaired) electrons. The first kappa shape index (κ1) is 6.34. The van der Waals surface area contributed by atoms with Crippen LogP contribution in [0.25, 0.3) is 0 Å². The van der Waals surface area contributed by atoms with Crippen LogP contribution in [0.4, 0.5) is 0 Å². The van der Waals surface area contributed by atoms with Gasteiger partial charge in [0.2, 0.25) is 0 Å². The van der Waals surface area contributed by atoms with Crippen molar-refractivity contribution in [1.82, 2.24) is 0 Å². The standard InChI is InChI=1S/C9H12/c1-7(2)8(3)6-9-4-5-9/h4-6H,1-3H3. The van der Waals surface area contributed by atoms with Crippen molar-refractivity contribution in [2.24, 2.45) is 0 Å². The monoisotopic (exact) mass is 120 g/mol. The molecular formula is C9H12. The largest absolute Gasteiger partial charge is 0.0735 e. The summed E-state index contributed by atoms with van der Waals surface area (Å²) in [6, 6.07) is 0. The molecule has 0 saturated carbocycles. The van der Waals surface area contributed by atoms with E-state index in [-0.39, 0.29) is 0 Å². The summed E-state index contributed by atoms with van der Waals surface area (Å²) < 4.78 is 0. The molecule has 0 aliphatic heterocycles. The van der Waals surface area contributed by atoms with Gasteiger partial charge in [0.15, 0.2) is 0 Å². The van der Waals surface area contributed by atoms with Crippen molar-refractivity contribution in [2.75, 3.05) is 0 Å². The first-order valence-corrected chi connectivity index (χ1v) is 3.24. The highest BCUT2D eigenvalue weighted by molar-refractivity contribution is 5.50. The van der Waals surface area contributed by atoms with E-state index in [0.717, 1.165) is 0 Å². The van der Waals surface area contributed by atoms with Gasteiger partial charge in [-0.1, -0.05) is 29.4 Å². The van der Waals surface area contributed by atoms with Crippen LogP contribution in [0.2, 0.25) is 0 Å². The van der Waals surface area contributed by atoms with E-state index in [1.807, 2.05) is 0 Å². The van der Waals surface area contributed by atoms with E-state index in [9.17, 15) is 0 Å². The molecule has 0 amide bonds. The zero-order valence-corrected chi connectivity index (χ0v) is 6.23. The SMILES string of the molecule is CC(C)=C(C)C=C1C=C1. The molecule has 0 heteroatoms. The zero-order valence-electron chi connectivity index (χ0n) is 6.23. The van der Waals surface area contributed by atoms with Crippen molar-refractivity contribution in [3.05, 3.63) is 34.9 Å². The summed E-state index contributed by atoms with van der Waals surface area (Å²) in [5.41, 5.74) is 4.15. The maximum absolute atomic E-state index is 2.20. The third-order valence-corrected chi connectivity index (χ3v) is 1.53. The van der Waals surface area contributed by atoms with Crippen molar-refractivity contribution in [1.29, 1.82) is 0 Å². The smallest absolute Gasteiger partial charge is 0.0254 e. The normalized spacial score (nSPS) is 13.4. The number of rotatable bonds is 1. The highest BCUT2D eigenvalue weighted by Gasteiger charge is 1.97. The van der Waals surface area contributed by atoms with E-state index in [1.165, 1.54) is 16.7 Å². The maximum atomic E-state index is 2.20. The van der Waals surface area contributed by atoms with Crippen LogP contribution in [0, 0.1) is 0 Å². The lowest BCUT2D eigenvalue weighted by molar-refractivity contribution is 1.29. The zero-order chi connectivity index (χ0) is 6.85. The van der Waals surface area contributed by atoms with Crippen LogP contribution in [0.5, 0.6) is 0 Å². The molecule has 0 heterocycles. The molecule has 1 aliphatic rings. The quantitative estimate of drug-likeness (QED) is 0.499. The van der Waals surface area contributed by atoms with E-state index in [0.29, 0.717) is 0 Å². The fraction of sp³-hybridized carbons (Fsp3) is 0.333. The summed E-state index contributed by atoms with van der Waals surface area (Å²) >= 11 is 0. The molecule has 48 valence electrons. The molecule has 0 saturated heterocycles. The summed E-state index contributed by atoms with van der Waals surface area (Å²) in [4.78, 5) is 0. The van der Waals surface area contributed by atoms with Crippen molar-refractivity contribution >= 4 is 0 Å². The average Bonchev–Trinajstić information content (AvgIpc) is 2.50. The third-order valence-electron chi connectivity index (χ3n) is 1.53. The van der Waals surface area contributed by atoms with Gasteiger partial charge in [-0.15, -0.1) is 0 Å². The van der Waals surface area contributed by atoms with Crippen LogP contribution in [-0.2, 0) is 0 Å². The molecule has 0 bridgehead atoms. The van der Waals surface area contributed by atoms with Gasteiger partial charge in [-0.05, 0) is 26.3 Å². The first-order valence-electron chi connectivity index (χ1n) is 3.24. The predicted molar refractivity (Wildman–Crippen MR) is 41.3 cm³/mol. The minimum absolute atomic E-state index is 1.37. The Morgan fingerprint density at radius 3 is 2.11 bits per heavy atom. The molecule has 0 spiro atoms. The van der Waals surface area contributed by atoms with Crippen molar-refractivity contribution in [2.45, 2.75) is 20.8 Å². The lowest BCUT2D eigenvalue weighted by Crippen LogP contribution is -1.72. The Morgan fingerprint density at radius 2 is 1.78 bits per heavy atom. The fourth-order valence-electron chi connectivity index (χ4n) is 0.539. The van der Waals surface area contributed by atoms with Crippen LogP contribution in [0.1, 0.15) is 20.8 Å². The Bertz CT molecular complexity index is 190. The van der Waals surface area contributed by atoms with Gasteiger partial charge in [-0.3, -0.25) is 0 Å². The molecule has 9 heavy (non-hydrogen) atoms. The summed E-state index contributed by atoms with van der Waals surface area (Å²) in [5, 5.41) is 0. The lowest BCUT2D eigenvalue weighted by Gasteiger charge is -1.92. The second-order valence-electron chi connectivity index (χ2n) is 2.66. The minimum atomic E-state index is 1.37. The Labute approximate surface area is 56.6 Å². The molecule has 0 nitrogen and oxygen atoms in total. The second-order valence-corrected chi connectivity index (χ2v) is 2.66. The van der Waals surface area contributed by atoms with Gasteiger partial charge in [0.1, 0.15) is 0 Å². The van der Waals surface area contributed by atoms with Gasteiger partial charge in [-0.2, -0.15) is 0 Å². The number of allylic oxidation sites excluding steroid dienone is 6. The highest BCUT2D eigenvalue weighted by Crippen LogP contribution is 2.17. The van der Waals surface area contributed by atoms with Gasteiger partial charge in [0.25, 0.3) is 0 Å². The maximum Gasteiger partial charge on any atom is -0.0254 e. The Balaban J connectivity index is 2.63. The van der Waals surface area contributed by atoms with Gasteiger partial charge in [0, 0.05) is 0 Å². The molecule has 0 N–H and O–H groups in total. The third kappa shape index (κ3) is 1.88. The highest BCUT2D eigenvalue weighted by atomic mass is 14.0. The molecular weight excluding hydrogens is 108 g/mol. The minimum Gasteiger partial charge on any atom is -0.0735 e. The van der Waals surface area contributed by atoms with Gasteiger partial charge >= 0.3 is 0 Å². The van der Waals surface area contributed by atoms with E-state index in [2.05, 4.69) is 39.0 Å². The average molecular weight is 120 g/mol. The molecule has 1 aliphatic carbocycles. The molecule has 1 rings (SSSR count). The molecule has 0 atom stereocenters. The molecule has 0 fully saturated rings. The molecule has 0 aromatic rings. The van der Waals surface area contributed by atoms with Crippen LogP contribution in [0.3, 0.4) is 0 Å². The van der Waals surface area contributed by atoms with Crippen LogP contribution >= 0.6 is 0 Å². The van der Waals surface area contributed by atoms with Gasteiger partial charge < -0.3 is 0 Å². The topological polar surface area (TPSA) is 0 Å². The van der Waals surface area contributed by atoms with Crippen molar-refractivity contribution in [3.63, 3.8) is 0 Å². The molecule has 0 aromatic carbocycles. The molecule has 0 unspecified atom stereocenters. The summed E-state index contributed by atoms with van der Waals surface area (Å²) in [7, 11) is 0. The first-order chi connectivity index (χ1) is 4.20. The van der Waals surface area contributed by atoms with Crippen LogP contribution < -0.4 is 0 Å². The van der Waals surface area contributed by atoms with E-state index in [1.54, 1.807) is 0 Å². The summed E-state index contributed by atoms with van der Waals surface area (Å²) in [6.45, 7) is 6.41. The van der Waals surface area contributed by atoms with Crippen molar-refractivity contribution < 1.29 is 0 Å². The Hall–Kier alpha value is -0.780. The fourth-order valence-corrected chi connectivity index (χ4v) is 0.539. The predicted octanol–water partition coefficient (Wildman–Crippen LogP) is 2.84. The van der Waals surface area contributed by atoms with Gasteiger partial charge in [0.05, 0.1) is 0 Å². The Morgan fingerprint density at radius 1 is 1.22 bits per heavy atom. The summed E-state index contributed by atoms with van der Waals surface area (Å²) in [5.74, 6) is 0. The lowest BCUT2D eigenvalue weighted by atomic mass is 10.1. The second kappa shape index (κ2) is 2.22.